The standard InChI is InChI=1S/C18H23N3O6S/c1-10(2)26-14-5-12(6-15(20-14)27-11(3)8-25-4)17(24)21-18-19-13(9-28-18)7-16(22)23/h5-6,9-11H,7-8H2,1-4H3,(H,22,23)(H,19,21,24). The van der Waals surface area contributed by atoms with Crippen LogP contribution in [0.3, 0.4) is 0 Å². The number of carbonyl (C=O) groups excluding carboxylic acids is 1. The van der Waals surface area contributed by atoms with Gasteiger partial charge >= 0.3 is 5.97 Å². The largest absolute Gasteiger partial charge is 0.481 e. The highest BCUT2D eigenvalue weighted by molar-refractivity contribution is 7.14. The van der Waals surface area contributed by atoms with Crippen molar-refractivity contribution in [3.8, 4) is 11.8 Å². The predicted octanol–water partition coefficient (Wildman–Crippen LogP) is 2.62. The number of aliphatic carboxylic acids is 1. The summed E-state index contributed by atoms with van der Waals surface area (Å²) in [6.45, 7) is 5.88. The van der Waals surface area contributed by atoms with Crippen molar-refractivity contribution in [2.24, 2.45) is 0 Å². The van der Waals surface area contributed by atoms with Gasteiger partial charge in [0, 0.05) is 24.6 Å². The summed E-state index contributed by atoms with van der Waals surface area (Å²) in [5.74, 6) is -0.928. The average Bonchev–Trinajstić information content (AvgIpc) is 3.00. The SMILES string of the molecule is COCC(C)Oc1cc(C(=O)Nc2nc(CC(=O)O)cs2)cc(OC(C)C)n1. The van der Waals surface area contributed by atoms with E-state index in [1.807, 2.05) is 20.8 Å². The topological polar surface area (TPSA) is 120 Å². The number of amides is 1. The van der Waals surface area contributed by atoms with Crippen LogP contribution in [0.2, 0.25) is 0 Å². The second-order valence-corrected chi connectivity index (χ2v) is 7.11. The molecule has 1 atom stereocenters. The molecule has 0 bridgehead atoms. The third-order valence-electron chi connectivity index (χ3n) is 3.22. The molecule has 0 radical (unpaired) electrons. The highest BCUT2D eigenvalue weighted by Gasteiger charge is 2.16. The fourth-order valence-electron chi connectivity index (χ4n) is 2.22. The van der Waals surface area contributed by atoms with Crippen molar-refractivity contribution < 1.29 is 28.9 Å². The van der Waals surface area contributed by atoms with E-state index < -0.39 is 11.9 Å². The maximum Gasteiger partial charge on any atom is 0.309 e. The lowest BCUT2D eigenvalue weighted by molar-refractivity contribution is -0.136. The van der Waals surface area contributed by atoms with E-state index in [2.05, 4.69) is 15.3 Å². The minimum atomic E-state index is -0.986. The van der Waals surface area contributed by atoms with Gasteiger partial charge in [-0.25, -0.2) is 4.98 Å². The Balaban J connectivity index is 2.19. The number of thiazole rings is 1. The normalized spacial score (nSPS) is 11.9. The number of nitrogens with zero attached hydrogens (tertiary/aromatic N) is 2. The smallest absolute Gasteiger partial charge is 0.309 e. The van der Waals surface area contributed by atoms with Gasteiger partial charge in [-0.05, 0) is 20.8 Å². The van der Waals surface area contributed by atoms with Gasteiger partial charge in [-0.1, -0.05) is 0 Å². The number of methoxy groups -OCH3 is 1. The number of carboxylic acid groups (broad SMARTS) is 1. The average molecular weight is 409 g/mol. The molecule has 2 aromatic rings. The first-order valence-electron chi connectivity index (χ1n) is 8.58. The maximum absolute atomic E-state index is 12.6. The zero-order valence-corrected chi connectivity index (χ0v) is 16.9. The fraction of sp³-hybridized carbons (Fsp3) is 0.444. The molecule has 0 aliphatic rings. The Hall–Kier alpha value is -2.72. The number of carboxylic acids is 1. The van der Waals surface area contributed by atoms with Crippen LogP contribution in [0.5, 0.6) is 11.8 Å². The van der Waals surface area contributed by atoms with Crippen LogP contribution < -0.4 is 14.8 Å². The second-order valence-electron chi connectivity index (χ2n) is 6.25. The number of hydrogen-bond acceptors (Lipinski definition) is 8. The van der Waals surface area contributed by atoms with Crippen molar-refractivity contribution in [3.63, 3.8) is 0 Å². The molecule has 28 heavy (non-hydrogen) atoms. The van der Waals surface area contributed by atoms with Gasteiger partial charge in [-0.15, -0.1) is 11.3 Å². The molecule has 0 spiro atoms. The van der Waals surface area contributed by atoms with Crippen LogP contribution in [0.4, 0.5) is 5.13 Å². The molecule has 10 heteroatoms. The summed E-state index contributed by atoms with van der Waals surface area (Å²) in [7, 11) is 1.57. The number of nitrogens with one attached hydrogen (secondary N) is 1. The Morgan fingerprint density at radius 2 is 1.86 bits per heavy atom. The summed E-state index contributed by atoms with van der Waals surface area (Å²) >= 11 is 1.15. The van der Waals surface area contributed by atoms with E-state index in [-0.39, 0.29) is 36.0 Å². The molecule has 2 heterocycles. The molecule has 1 unspecified atom stereocenters. The second kappa shape index (κ2) is 10.00. The highest BCUT2D eigenvalue weighted by Crippen LogP contribution is 2.22. The first-order valence-corrected chi connectivity index (χ1v) is 9.46. The fourth-order valence-corrected chi connectivity index (χ4v) is 2.92. The van der Waals surface area contributed by atoms with Crippen LogP contribution in [0.1, 0.15) is 36.8 Å². The van der Waals surface area contributed by atoms with Gasteiger partial charge in [0.15, 0.2) is 5.13 Å². The van der Waals surface area contributed by atoms with E-state index in [1.165, 1.54) is 12.1 Å². The van der Waals surface area contributed by atoms with Gasteiger partial charge < -0.3 is 19.3 Å². The lowest BCUT2D eigenvalue weighted by Gasteiger charge is -2.16. The van der Waals surface area contributed by atoms with Gasteiger partial charge in [-0.2, -0.15) is 4.98 Å². The minimum absolute atomic E-state index is 0.132. The maximum atomic E-state index is 12.6. The molecule has 0 fully saturated rings. The van der Waals surface area contributed by atoms with Crippen molar-refractivity contribution in [3.05, 3.63) is 28.8 Å². The Kier molecular flexibility index (Phi) is 7.70. The Labute approximate surface area is 166 Å². The molecule has 0 aliphatic heterocycles. The third-order valence-corrected chi connectivity index (χ3v) is 4.03. The lowest BCUT2D eigenvalue weighted by Crippen LogP contribution is -2.20. The van der Waals surface area contributed by atoms with Gasteiger partial charge in [0.25, 0.3) is 5.91 Å². The molecule has 0 aromatic carbocycles. The summed E-state index contributed by atoms with van der Waals surface area (Å²) in [6.07, 6.45) is -0.600. The molecule has 2 N–H and O–H groups in total. The third kappa shape index (κ3) is 6.78. The van der Waals surface area contributed by atoms with Crippen LogP contribution in [-0.2, 0) is 16.0 Å². The van der Waals surface area contributed by atoms with E-state index in [1.54, 1.807) is 12.5 Å². The molecular weight excluding hydrogens is 386 g/mol. The summed E-state index contributed by atoms with van der Waals surface area (Å²) in [5, 5.41) is 13.4. The van der Waals surface area contributed by atoms with E-state index in [4.69, 9.17) is 19.3 Å². The molecule has 2 rings (SSSR count). The Bertz CT molecular complexity index is 823. The van der Waals surface area contributed by atoms with E-state index in [9.17, 15) is 9.59 Å². The summed E-state index contributed by atoms with van der Waals surface area (Å²) < 4.78 is 16.3. The lowest BCUT2D eigenvalue weighted by atomic mass is 10.2. The highest BCUT2D eigenvalue weighted by atomic mass is 32.1. The van der Waals surface area contributed by atoms with Crippen LogP contribution in [0, 0.1) is 0 Å². The number of hydrogen-bond donors (Lipinski definition) is 2. The van der Waals surface area contributed by atoms with Crippen molar-refractivity contribution in [2.45, 2.75) is 39.4 Å². The summed E-state index contributed by atoms with van der Waals surface area (Å²) in [6, 6.07) is 3.01. The first-order chi connectivity index (χ1) is 13.3. The van der Waals surface area contributed by atoms with E-state index >= 15 is 0 Å². The monoisotopic (exact) mass is 409 g/mol. The number of aromatic nitrogens is 2. The number of ether oxygens (including phenoxy) is 3. The minimum Gasteiger partial charge on any atom is -0.481 e. The Morgan fingerprint density at radius 1 is 1.18 bits per heavy atom. The van der Waals surface area contributed by atoms with Gasteiger partial charge in [-0.3, -0.25) is 14.9 Å². The zero-order chi connectivity index (χ0) is 20.7. The van der Waals surface area contributed by atoms with Crippen molar-refractivity contribution in [1.82, 2.24) is 9.97 Å². The van der Waals surface area contributed by atoms with Crippen LogP contribution in [0.25, 0.3) is 0 Å². The molecule has 0 saturated carbocycles. The van der Waals surface area contributed by atoms with E-state index in [0.29, 0.717) is 17.4 Å². The molecule has 9 nitrogen and oxygen atoms in total. The number of rotatable bonds is 10. The molecule has 0 aliphatic carbocycles. The number of pyridine rings is 1. The van der Waals surface area contributed by atoms with Crippen molar-refractivity contribution >= 4 is 28.3 Å². The quantitative estimate of drug-likeness (QED) is 0.614. The van der Waals surface area contributed by atoms with Crippen LogP contribution in [0.15, 0.2) is 17.5 Å². The van der Waals surface area contributed by atoms with Crippen LogP contribution >= 0.6 is 11.3 Å². The number of carbonyl (C=O) groups is 2. The van der Waals surface area contributed by atoms with Crippen molar-refractivity contribution in [1.29, 1.82) is 0 Å². The zero-order valence-electron chi connectivity index (χ0n) is 16.1. The van der Waals surface area contributed by atoms with Gasteiger partial charge in [0.1, 0.15) is 6.10 Å². The van der Waals surface area contributed by atoms with Crippen molar-refractivity contribution in [2.75, 3.05) is 19.0 Å². The molecule has 152 valence electrons. The molecule has 0 saturated heterocycles. The first kappa shape index (κ1) is 21.6. The van der Waals surface area contributed by atoms with Gasteiger partial charge in [0.05, 0.1) is 30.4 Å². The van der Waals surface area contributed by atoms with Crippen LogP contribution in [-0.4, -0.2) is 52.9 Å². The number of anilines is 1. The van der Waals surface area contributed by atoms with Gasteiger partial charge in [0.2, 0.25) is 11.8 Å². The predicted molar refractivity (Wildman–Crippen MR) is 103 cm³/mol. The summed E-state index contributed by atoms with van der Waals surface area (Å²) in [5.41, 5.74) is 0.657. The Morgan fingerprint density at radius 3 is 2.46 bits per heavy atom. The summed E-state index contributed by atoms with van der Waals surface area (Å²) in [4.78, 5) is 31.7. The molecular formula is C18H23N3O6S. The molecule has 2 aromatic heterocycles. The molecule has 1 amide bonds. The van der Waals surface area contributed by atoms with E-state index in [0.717, 1.165) is 11.3 Å².